The zero-order chi connectivity index (χ0) is 26.3. The molecule has 0 bridgehead atoms. The van der Waals surface area contributed by atoms with Crippen molar-refractivity contribution in [2.45, 2.75) is 132 Å². The van der Waals surface area contributed by atoms with Crippen LogP contribution in [0.4, 0.5) is 0 Å². The molecule has 0 radical (unpaired) electrons. The van der Waals surface area contributed by atoms with Crippen LogP contribution in [-0.4, -0.2) is 5.78 Å². The predicted octanol–water partition coefficient (Wildman–Crippen LogP) is 10.3. The Morgan fingerprint density at radius 3 is 1.50 bits per heavy atom. The first-order chi connectivity index (χ1) is 16.9. The summed E-state index contributed by atoms with van der Waals surface area (Å²) >= 11 is 0. The van der Waals surface area contributed by atoms with E-state index in [1.807, 2.05) is 0 Å². The van der Waals surface area contributed by atoms with Crippen molar-refractivity contribution in [3.05, 3.63) is 45.6 Å². The molecule has 0 saturated carbocycles. The van der Waals surface area contributed by atoms with Gasteiger partial charge in [-0.3, -0.25) is 4.79 Å². The summed E-state index contributed by atoms with van der Waals surface area (Å²) < 4.78 is 0. The Hall–Kier alpha value is -1.37. The summed E-state index contributed by atoms with van der Waals surface area (Å²) in [5.74, 6) is 2.98. The van der Waals surface area contributed by atoms with E-state index in [-0.39, 0.29) is 0 Å². The van der Waals surface area contributed by atoms with Crippen molar-refractivity contribution in [3.8, 4) is 0 Å². The van der Waals surface area contributed by atoms with E-state index in [9.17, 15) is 4.79 Å². The summed E-state index contributed by atoms with van der Waals surface area (Å²) in [4.78, 5) is 12.9. The lowest BCUT2D eigenvalue weighted by molar-refractivity contribution is -0.117. The minimum Gasteiger partial charge on any atom is -0.299 e. The minimum absolute atomic E-state index is 0.365. The van der Waals surface area contributed by atoms with Crippen molar-refractivity contribution in [2.75, 3.05) is 0 Å². The smallest absolute Gasteiger partial charge is 0.140 e. The lowest BCUT2D eigenvalue weighted by Gasteiger charge is -2.43. The molecule has 0 aromatic heterocycles. The van der Waals surface area contributed by atoms with Crippen LogP contribution in [0.15, 0.2) is 45.6 Å². The molecule has 0 spiro atoms. The largest absolute Gasteiger partial charge is 0.299 e. The van der Waals surface area contributed by atoms with E-state index in [4.69, 9.17) is 0 Å². The second-order valence-corrected chi connectivity index (χ2v) is 14.5. The van der Waals surface area contributed by atoms with Crippen molar-refractivity contribution in [1.82, 2.24) is 0 Å². The highest BCUT2D eigenvalue weighted by Gasteiger charge is 2.38. The Kier molecular flexibility index (Phi) is 8.28. The van der Waals surface area contributed by atoms with Gasteiger partial charge in [0.25, 0.3) is 0 Å². The number of carbonyl (C=O) groups is 1. The second kappa shape index (κ2) is 10.8. The third kappa shape index (κ3) is 5.86. The van der Waals surface area contributed by atoms with Crippen molar-refractivity contribution in [3.63, 3.8) is 0 Å². The third-order valence-electron chi connectivity index (χ3n) is 10.9. The second-order valence-electron chi connectivity index (χ2n) is 14.5. The van der Waals surface area contributed by atoms with Gasteiger partial charge >= 0.3 is 0 Å². The van der Waals surface area contributed by atoms with Gasteiger partial charge in [-0.2, -0.15) is 0 Å². The molecule has 0 saturated heterocycles. The summed E-state index contributed by atoms with van der Waals surface area (Å²) in [7, 11) is 0. The zero-order valence-electron chi connectivity index (χ0n) is 24.9. The van der Waals surface area contributed by atoms with Gasteiger partial charge in [0, 0.05) is 12.8 Å². The SMILES string of the molecule is CC(=CCC(=O)CC=C(C)C1CC2=C(CCCC2(C)C)CC1C)C1CC2=C(CCCC2(C)C)CC1C. The standard InChI is InChI=1S/C35H54O/c1-23(30-21-32-27(19-25(30)3)11-9-17-34(32,5)6)13-15-29(36)16-14-24(2)31-22-33-28(20-26(31)4)12-10-18-35(33,7)8/h13-14,25-26,30-31H,9-12,15-22H2,1-8H3. The van der Waals surface area contributed by atoms with Gasteiger partial charge in [0.1, 0.15) is 5.78 Å². The zero-order valence-corrected chi connectivity index (χ0v) is 24.9. The average molecular weight is 491 g/mol. The highest BCUT2D eigenvalue weighted by atomic mass is 16.1. The van der Waals surface area contributed by atoms with E-state index in [0.29, 0.717) is 53.1 Å². The lowest BCUT2D eigenvalue weighted by Crippen LogP contribution is -2.30. The molecule has 36 heavy (non-hydrogen) atoms. The number of allylic oxidation sites excluding steroid dienone is 8. The monoisotopic (exact) mass is 490 g/mol. The van der Waals surface area contributed by atoms with Crippen molar-refractivity contribution in [1.29, 1.82) is 0 Å². The van der Waals surface area contributed by atoms with E-state index >= 15 is 0 Å². The molecule has 0 aromatic carbocycles. The van der Waals surface area contributed by atoms with Crippen molar-refractivity contribution >= 4 is 5.78 Å². The molecule has 1 heteroatoms. The molecular formula is C35H54O. The van der Waals surface area contributed by atoms with E-state index in [2.05, 4.69) is 67.5 Å². The molecule has 4 unspecified atom stereocenters. The highest BCUT2D eigenvalue weighted by Crippen LogP contribution is 2.52. The Bertz CT molecular complexity index is 900. The van der Waals surface area contributed by atoms with Crippen LogP contribution in [0.25, 0.3) is 0 Å². The van der Waals surface area contributed by atoms with E-state index < -0.39 is 0 Å². The number of carbonyl (C=O) groups excluding carboxylic acids is 1. The van der Waals surface area contributed by atoms with Gasteiger partial charge in [-0.1, -0.05) is 87.1 Å². The van der Waals surface area contributed by atoms with Crippen LogP contribution in [0.3, 0.4) is 0 Å². The fourth-order valence-electron chi connectivity index (χ4n) is 8.40. The molecule has 200 valence electrons. The molecule has 0 N–H and O–H groups in total. The normalized spacial score (nSPS) is 32.8. The number of Topliss-reactive ketones (excluding diaryl/α,β-unsaturated/α-hetero) is 1. The van der Waals surface area contributed by atoms with Gasteiger partial charge in [0.15, 0.2) is 0 Å². The summed E-state index contributed by atoms with van der Waals surface area (Å²) in [6, 6.07) is 0. The van der Waals surface area contributed by atoms with E-state index in [1.165, 1.54) is 75.4 Å². The topological polar surface area (TPSA) is 17.1 Å². The number of hydrogen-bond donors (Lipinski definition) is 0. The number of ketones is 1. The van der Waals surface area contributed by atoms with Gasteiger partial charge in [-0.15, -0.1) is 0 Å². The van der Waals surface area contributed by atoms with E-state index in [1.54, 1.807) is 22.3 Å². The van der Waals surface area contributed by atoms with Gasteiger partial charge in [-0.25, -0.2) is 0 Å². The molecule has 4 atom stereocenters. The molecule has 4 aliphatic carbocycles. The maximum atomic E-state index is 12.9. The summed E-state index contributed by atoms with van der Waals surface area (Å²) in [6.45, 7) is 19.2. The van der Waals surface area contributed by atoms with Crippen LogP contribution < -0.4 is 0 Å². The number of rotatable bonds is 6. The van der Waals surface area contributed by atoms with Crippen LogP contribution in [-0.2, 0) is 4.79 Å². The Labute approximate surface area is 223 Å². The molecule has 4 rings (SSSR count). The van der Waals surface area contributed by atoms with Gasteiger partial charge in [0.2, 0.25) is 0 Å². The maximum Gasteiger partial charge on any atom is 0.140 e. The van der Waals surface area contributed by atoms with Crippen molar-refractivity contribution < 1.29 is 4.79 Å². The average Bonchev–Trinajstić information content (AvgIpc) is 2.79. The lowest BCUT2D eigenvalue weighted by atomic mass is 9.62. The fourth-order valence-corrected chi connectivity index (χ4v) is 8.40. The first kappa shape index (κ1) is 27.7. The molecule has 0 fully saturated rings. The summed E-state index contributed by atoms with van der Waals surface area (Å²) in [5.41, 5.74) is 10.6. The van der Waals surface area contributed by atoms with Crippen LogP contribution in [0.1, 0.15) is 132 Å². The van der Waals surface area contributed by atoms with Gasteiger partial charge in [-0.05, 0) is 113 Å². The van der Waals surface area contributed by atoms with Crippen LogP contribution in [0.5, 0.6) is 0 Å². The first-order valence-electron chi connectivity index (χ1n) is 15.2. The first-order valence-corrected chi connectivity index (χ1v) is 15.2. The molecule has 0 aliphatic heterocycles. The molecule has 4 aliphatic rings. The Balaban J connectivity index is 1.35. The number of hydrogen-bond acceptors (Lipinski definition) is 1. The minimum atomic E-state index is 0.365. The Morgan fingerprint density at radius 2 is 1.11 bits per heavy atom. The predicted molar refractivity (Wildman–Crippen MR) is 155 cm³/mol. The van der Waals surface area contributed by atoms with Gasteiger partial charge < -0.3 is 0 Å². The highest BCUT2D eigenvalue weighted by molar-refractivity contribution is 5.81. The van der Waals surface area contributed by atoms with Crippen LogP contribution in [0, 0.1) is 34.5 Å². The molecule has 0 amide bonds. The van der Waals surface area contributed by atoms with Crippen LogP contribution in [0.2, 0.25) is 0 Å². The third-order valence-corrected chi connectivity index (χ3v) is 10.9. The molecule has 1 nitrogen and oxygen atoms in total. The molecular weight excluding hydrogens is 436 g/mol. The van der Waals surface area contributed by atoms with E-state index in [0.717, 1.165) is 0 Å². The molecule has 0 heterocycles. The molecule has 0 aromatic rings. The maximum absolute atomic E-state index is 12.9. The van der Waals surface area contributed by atoms with Gasteiger partial charge in [0.05, 0.1) is 0 Å². The van der Waals surface area contributed by atoms with Crippen LogP contribution >= 0.6 is 0 Å². The summed E-state index contributed by atoms with van der Waals surface area (Å²) in [6.07, 6.45) is 18.7. The summed E-state index contributed by atoms with van der Waals surface area (Å²) in [5, 5.41) is 0. The fraction of sp³-hybridized carbons (Fsp3) is 0.743. The Morgan fingerprint density at radius 1 is 0.722 bits per heavy atom. The quantitative estimate of drug-likeness (QED) is 0.338. The van der Waals surface area contributed by atoms with Crippen molar-refractivity contribution in [2.24, 2.45) is 34.5 Å².